The highest BCUT2D eigenvalue weighted by Crippen LogP contribution is 2.45. The third kappa shape index (κ3) is 75.8. The number of aliphatic hydroxyl groups excluding tert-OH is 1. The minimum absolute atomic E-state index is 0.102. The zero-order valence-electron chi connectivity index (χ0n) is 66.2. The number of ether oxygens (including phenoxy) is 4. The maximum Gasteiger partial charge on any atom is 0.472 e. The van der Waals surface area contributed by atoms with Crippen LogP contribution in [0.2, 0.25) is 0 Å². The number of allylic oxidation sites excluding steroid dienone is 4. The van der Waals surface area contributed by atoms with Gasteiger partial charge in [0.25, 0.3) is 0 Å². The van der Waals surface area contributed by atoms with Crippen LogP contribution in [-0.4, -0.2) is 96.7 Å². The molecule has 0 radical (unpaired) electrons. The number of rotatable bonds is 81. The lowest BCUT2D eigenvalue weighted by Gasteiger charge is -2.21. The number of aliphatic hydroxyl groups is 1. The number of carbonyl (C=O) groups excluding carboxylic acids is 4. The molecule has 3 N–H and O–H groups in total. The van der Waals surface area contributed by atoms with Crippen molar-refractivity contribution in [3.05, 3.63) is 24.3 Å². The Morgan fingerprint density at radius 1 is 0.304 bits per heavy atom. The van der Waals surface area contributed by atoms with Gasteiger partial charge in [-0.2, -0.15) is 0 Å². The highest BCUT2D eigenvalue weighted by molar-refractivity contribution is 7.47. The van der Waals surface area contributed by atoms with Crippen molar-refractivity contribution in [2.75, 3.05) is 39.6 Å². The molecule has 0 fully saturated rings. The third-order valence-electron chi connectivity index (χ3n) is 18.9. The van der Waals surface area contributed by atoms with E-state index in [9.17, 15) is 43.2 Å². The van der Waals surface area contributed by atoms with Crippen molar-refractivity contribution < 1.29 is 80.2 Å². The van der Waals surface area contributed by atoms with Crippen molar-refractivity contribution in [1.29, 1.82) is 0 Å². The summed E-state index contributed by atoms with van der Waals surface area (Å²) in [4.78, 5) is 73.1. The van der Waals surface area contributed by atoms with Crippen LogP contribution in [-0.2, 0) is 65.4 Å². The Hall–Kier alpha value is -2.46. The molecule has 102 heavy (non-hydrogen) atoms. The number of esters is 4. The molecule has 0 spiro atoms. The van der Waals surface area contributed by atoms with Gasteiger partial charge in [0, 0.05) is 25.7 Å². The van der Waals surface area contributed by atoms with Crippen molar-refractivity contribution in [2.45, 2.75) is 438 Å². The Morgan fingerprint density at radius 3 is 0.804 bits per heavy atom. The molecule has 0 saturated carbocycles. The van der Waals surface area contributed by atoms with Gasteiger partial charge >= 0.3 is 39.5 Å². The monoisotopic (exact) mass is 1490 g/mol. The molecule has 0 amide bonds. The number of hydrogen-bond donors (Lipinski definition) is 3. The molecule has 0 aromatic carbocycles. The quantitative estimate of drug-likeness (QED) is 0.0169. The first-order valence-electron chi connectivity index (χ1n) is 42.5. The minimum atomic E-state index is -4.97. The molecule has 0 bridgehead atoms. The predicted octanol–water partition coefficient (Wildman–Crippen LogP) is 24.8. The average molecular weight is 1490 g/mol. The van der Waals surface area contributed by atoms with Gasteiger partial charge in [-0.05, 0) is 57.3 Å². The number of unbranched alkanes of at least 4 members (excludes halogenated alkanes) is 50. The van der Waals surface area contributed by atoms with Gasteiger partial charge in [0.05, 0.1) is 26.4 Å². The lowest BCUT2D eigenvalue weighted by Crippen LogP contribution is -2.30. The van der Waals surface area contributed by atoms with Crippen LogP contribution in [0.4, 0.5) is 0 Å². The smallest absolute Gasteiger partial charge is 0.462 e. The van der Waals surface area contributed by atoms with Crippen LogP contribution in [0.5, 0.6) is 0 Å². The van der Waals surface area contributed by atoms with Gasteiger partial charge in [-0.25, -0.2) is 9.13 Å². The third-order valence-corrected chi connectivity index (χ3v) is 20.8. The molecule has 2 unspecified atom stereocenters. The summed E-state index contributed by atoms with van der Waals surface area (Å²) in [6.45, 7) is 7.31. The molecular weight excluding hydrogens is 1330 g/mol. The molecule has 0 aliphatic heterocycles. The Labute approximate surface area is 624 Å². The number of phosphoric acid groups is 2. The van der Waals surface area contributed by atoms with Crippen molar-refractivity contribution in [3.8, 4) is 0 Å². The van der Waals surface area contributed by atoms with E-state index in [0.29, 0.717) is 25.7 Å². The SMILES string of the molecule is CCCCCC/C=C\C=C/CCCCCCCC(=O)OC[C@H](COP(=O)(O)OC[C@@H](O)COP(=O)(O)OC[C@@H](COC(=O)CCCCCCCCCCCCC)OC(=O)CCCCCCCCCCCCCCCCC)OC(=O)CCCCCCCCCCCCCCCCCCCCC(C)C. The standard InChI is InChI=1S/C83H158O17P2/c1-6-9-12-15-18-21-24-26-32-37-42-47-52-57-62-67-81(86)94-73-79(100-83(88)69-64-59-54-49-44-39-35-31-29-28-30-34-36-41-45-50-55-60-65-76(4)5)75-98-102(91,92)96-71-77(84)70-95-101(89,90)97-74-78(72-93-80(85)66-61-56-51-46-40-23-20-17-14-11-8-3)99-82(87)68-63-58-53-48-43-38-33-27-25-22-19-16-13-10-7-2/h21,24,26,32,76-79,84H,6-20,22-23,25,27-31,33-75H2,1-5H3,(H,89,90)(H,91,92)/b24-21-,32-26-/t77-,78+,79+/m0/s1. The first-order valence-corrected chi connectivity index (χ1v) is 45.4. The van der Waals surface area contributed by atoms with E-state index < -0.39 is 97.5 Å². The summed E-state index contributed by atoms with van der Waals surface area (Å²) in [5.41, 5.74) is 0. The molecule has 0 aliphatic carbocycles. The molecule has 17 nitrogen and oxygen atoms in total. The molecule has 5 atom stereocenters. The van der Waals surface area contributed by atoms with E-state index in [1.165, 1.54) is 225 Å². The number of hydrogen-bond acceptors (Lipinski definition) is 15. The zero-order valence-corrected chi connectivity index (χ0v) is 68.0. The van der Waals surface area contributed by atoms with Crippen molar-refractivity contribution in [1.82, 2.24) is 0 Å². The second-order valence-corrected chi connectivity index (χ2v) is 32.6. The molecule has 0 heterocycles. The van der Waals surface area contributed by atoms with Crippen LogP contribution < -0.4 is 0 Å². The van der Waals surface area contributed by atoms with Crippen molar-refractivity contribution >= 4 is 39.5 Å². The molecular formula is C83H158O17P2. The van der Waals surface area contributed by atoms with Gasteiger partial charge in [-0.15, -0.1) is 0 Å². The normalized spacial score (nSPS) is 14.0. The van der Waals surface area contributed by atoms with E-state index in [-0.39, 0.29) is 25.7 Å². The van der Waals surface area contributed by atoms with E-state index in [0.717, 1.165) is 115 Å². The Morgan fingerprint density at radius 2 is 0.529 bits per heavy atom. The highest BCUT2D eigenvalue weighted by Gasteiger charge is 2.30. The van der Waals surface area contributed by atoms with Gasteiger partial charge in [-0.3, -0.25) is 37.3 Å². The lowest BCUT2D eigenvalue weighted by atomic mass is 10.0. The molecule has 19 heteroatoms. The Kier molecular flexibility index (Phi) is 73.5. The first-order chi connectivity index (χ1) is 49.5. The van der Waals surface area contributed by atoms with E-state index >= 15 is 0 Å². The summed E-state index contributed by atoms with van der Waals surface area (Å²) < 4.78 is 68.7. The van der Waals surface area contributed by atoms with Crippen molar-refractivity contribution in [3.63, 3.8) is 0 Å². The number of carbonyl (C=O) groups is 4. The maximum atomic E-state index is 13.1. The van der Waals surface area contributed by atoms with Crippen LogP contribution in [0.3, 0.4) is 0 Å². The molecule has 0 rings (SSSR count). The van der Waals surface area contributed by atoms with Crippen molar-refractivity contribution in [2.24, 2.45) is 5.92 Å². The van der Waals surface area contributed by atoms with E-state index in [2.05, 4.69) is 58.9 Å². The van der Waals surface area contributed by atoms with E-state index in [1.54, 1.807) is 0 Å². The fraction of sp³-hybridized carbons (Fsp3) is 0.904. The largest absolute Gasteiger partial charge is 0.472 e. The van der Waals surface area contributed by atoms with Crippen LogP contribution in [0.25, 0.3) is 0 Å². The summed E-state index contributed by atoms with van der Waals surface area (Å²) in [5, 5.41) is 10.6. The first kappa shape index (κ1) is 99.5. The summed E-state index contributed by atoms with van der Waals surface area (Å²) in [5.74, 6) is -1.31. The lowest BCUT2D eigenvalue weighted by molar-refractivity contribution is -0.161. The van der Waals surface area contributed by atoms with E-state index in [4.69, 9.17) is 37.0 Å². The van der Waals surface area contributed by atoms with Crippen LogP contribution in [0.15, 0.2) is 24.3 Å². The second-order valence-electron chi connectivity index (χ2n) is 29.7. The van der Waals surface area contributed by atoms with Gasteiger partial charge < -0.3 is 33.8 Å². The summed E-state index contributed by atoms with van der Waals surface area (Å²) in [6, 6.07) is 0. The van der Waals surface area contributed by atoms with Crippen LogP contribution in [0.1, 0.15) is 420 Å². The second kappa shape index (κ2) is 75.4. The minimum Gasteiger partial charge on any atom is -0.462 e. The summed E-state index contributed by atoms with van der Waals surface area (Å²) >= 11 is 0. The highest BCUT2D eigenvalue weighted by atomic mass is 31.2. The zero-order chi connectivity index (χ0) is 74.8. The summed E-state index contributed by atoms with van der Waals surface area (Å²) in [7, 11) is -9.93. The molecule has 602 valence electrons. The molecule has 0 aliphatic rings. The Bertz CT molecular complexity index is 2040. The van der Waals surface area contributed by atoms with Crippen LogP contribution >= 0.6 is 15.6 Å². The predicted molar refractivity (Wildman–Crippen MR) is 418 cm³/mol. The maximum absolute atomic E-state index is 13.1. The molecule has 0 saturated heterocycles. The van der Waals surface area contributed by atoms with Gasteiger partial charge in [-0.1, -0.05) is 367 Å². The molecule has 0 aromatic heterocycles. The Balaban J connectivity index is 5.26. The van der Waals surface area contributed by atoms with Gasteiger partial charge in [0.1, 0.15) is 19.3 Å². The number of phosphoric ester groups is 2. The van der Waals surface area contributed by atoms with Gasteiger partial charge in [0.15, 0.2) is 12.2 Å². The fourth-order valence-corrected chi connectivity index (χ4v) is 14.0. The summed E-state index contributed by atoms with van der Waals surface area (Å²) in [6.07, 6.45) is 70.1. The topological polar surface area (TPSA) is 237 Å². The fourth-order valence-electron chi connectivity index (χ4n) is 12.4. The molecule has 0 aromatic rings. The average Bonchev–Trinajstić information content (AvgIpc) is 0.914. The van der Waals surface area contributed by atoms with Gasteiger partial charge in [0.2, 0.25) is 0 Å². The van der Waals surface area contributed by atoms with E-state index in [1.807, 2.05) is 0 Å². The van der Waals surface area contributed by atoms with Crippen LogP contribution in [0, 0.1) is 5.92 Å².